The zero-order chi connectivity index (χ0) is 15.2. The van der Waals surface area contributed by atoms with Crippen molar-refractivity contribution in [3.8, 4) is 0 Å². The van der Waals surface area contributed by atoms with Gasteiger partial charge in [0.15, 0.2) is 0 Å². The second-order valence-corrected chi connectivity index (χ2v) is 6.05. The van der Waals surface area contributed by atoms with Crippen molar-refractivity contribution in [2.75, 3.05) is 12.3 Å². The highest BCUT2D eigenvalue weighted by Gasteiger charge is 2.22. The molecular weight excluding hydrogens is 264 g/mol. The molecule has 2 heterocycles. The number of rotatable bonds is 6. The van der Waals surface area contributed by atoms with Gasteiger partial charge in [-0.25, -0.2) is 9.97 Å². The molecule has 0 spiro atoms. The van der Waals surface area contributed by atoms with E-state index < -0.39 is 0 Å². The first kappa shape index (κ1) is 15.7. The molecule has 1 amide bonds. The highest BCUT2D eigenvalue weighted by Crippen LogP contribution is 2.20. The Labute approximate surface area is 127 Å². The summed E-state index contributed by atoms with van der Waals surface area (Å²) in [4.78, 5) is 22.5. The van der Waals surface area contributed by atoms with Crippen molar-refractivity contribution in [1.82, 2.24) is 14.9 Å². The number of aromatic nitrogens is 2. The molecule has 0 radical (unpaired) electrons. The van der Waals surface area contributed by atoms with Gasteiger partial charge in [0.1, 0.15) is 0 Å². The predicted octanol–water partition coefficient (Wildman–Crippen LogP) is 2.55. The van der Waals surface area contributed by atoms with Crippen molar-refractivity contribution in [2.24, 2.45) is 5.92 Å². The SMILES string of the molecule is CCCCC(C)CCC(=O)N1CCc2nc(N)ncc2C1. The number of nitrogens with two attached hydrogens (primary N) is 1. The van der Waals surface area contributed by atoms with E-state index in [1.54, 1.807) is 6.20 Å². The number of hydrogen-bond donors (Lipinski definition) is 1. The van der Waals surface area contributed by atoms with Gasteiger partial charge in [0.25, 0.3) is 0 Å². The van der Waals surface area contributed by atoms with E-state index in [1.807, 2.05) is 4.90 Å². The zero-order valence-electron chi connectivity index (χ0n) is 13.1. The van der Waals surface area contributed by atoms with Crippen LogP contribution in [-0.2, 0) is 17.8 Å². The standard InChI is InChI=1S/C16H26N4O/c1-3-4-5-12(2)6-7-15(21)20-9-8-14-13(11-20)10-18-16(17)19-14/h10,12H,3-9,11H2,1-2H3,(H2,17,18,19). The van der Waals surface area contributed by atoms with Crippen molar-refractivity contribution in [3.63, 3.8) is 0 Å². The summed E-state index contributed by atoms with van der Waals surface area (Å²) in [5.41, 5.74) is 7.61. The van der Waals surface area contributed by atoms with Gasteiger partial charge >= 0.3 is 0 Å². The Hall–Kier alpha value is -1.65. The molecule has 0 aromatic carbocycles. The average Bonchev–Trinajstić information content (AvgIpc) is 2.49. The van der Waals surface area contributed by atoms with Crippen LogP contribution in [-0.4, -0.2) is 27.3 Å². The average molecular weight is 290 g/mol. The van der Waals surface area contributed by atoms with Gasteiger partial charge in [-0.1, -0.05) is 33.1 Å². The maximum atomic E-state index is 12.3. The first-order valence-corrected chi connectivity index (χ1v) is 7.98. The Kier molecular flexibility index (Phi) is 5.53. The third-order valence-corrected chi connectivity index (χ3v) is 4.21. The lowest BCUT2D eigenvalue weighted by atomic mass is 9.98. The maximum Gasteiger partial charge on any atom is 0.222 e. The summed E-state index contributed by atoms with van der Waals surface area (Å²) in [5, 5.41) is 0. The molecule has 1 atom stereocenters. The van der Waals surface area contributed by atoms with E-state index in [1.165, 1.54) is 19.3 Å². The monoisotopic (exact) mass is 290 g/mol. The second-order valence-electron chi connectivity index (χ2n) is 6.05. The molecule has 1 aromatic rings. The molecule has 21 heavy (non-hydrogen) atoms. The van der Waals surface area contributed by atoms with Gasteiger partial charge in [0, 0.05) is 37.7 Å². The van der Waals surface area contributed by atoms with Crippen LogP contribution in [0.4, 0.5) is 5.95 Å². The minimum absolute atomic E-state index is 0.251. The molecule has 1 aliphatic rings. The first-order valence-electron chi connectivity index (χ1n) is 7.98. The quantitative estimate of drug-likeness (QED) is 0.874. The fraction of sp³-hybridized carbons (Fsp3) is 0.688. The van der Waals surface area contributed by atoms with Crippen molar-refractivity contribution < 1.29 is 4.79 Å². The number of nitrogens with zero attached hydrogens (tertiary/aromatic N) is 3. The van der Waals surface area contributed by atoms with Crippen LogP contribution in [0.1, 0.15) is 57.2 Å². The molecule has 2 rings (SSSR count). The Bertz CT molecular complexity index is 489. The van der Waals surface area contributed by atoms with Crippen molar-refractivity contribution in [1.29, 1.82) is 0 Å². The fourth-order valence-electron chi connectivity index (χ4n) is 2.77. The lowest BCUT2D eigenvalue weighted by molar-refractivity contribution is -0.132. The van der Waals surface area contributed by atoms with E-state index in [4.69, 9.17) is 5.73 Å². The zero-order valence-corrected chi connectivity index (χ0v) is 13.1. The molecule has 0 bridgehead atoms. The second kappa shape index (κ2) is 7.38. The van der Waals surface area contributed by atoms with E-state index in [0.717, 1.165) is 30.6 Å². The van der Waals surface area contributed by atoms with Gasteiger partial charge in [0.05, 0.1) is 5.69 Å². The molecule has 1 unspecified atom stereocenters. The van der Waals surface area contributed by atoms with E-state index in [-0.39, 0.29) is 5.91 Å². The van der Waals surface area contributed by atoms with Crippen LogP contribution in [0, 0.1) is 5.92 Å². The van der Waals surface area contributed by atoms with Crippen molar-refractivity contribution in [3.05, 3.63) is 17.5 Å². The molecule has 5 heteroatoms. The highest BCUT2D eigenvalue weighted by molar-refractivity contribution is 5.76. The van der Waals surface area contributed by atoms with Crippen LogP contribution in [0.3, 0.4) is 0 Å². The third kappa shape index (κ3) is 4.41. The van der Waals surface area contributed by atoms with E-state index in [2.05, 4.69) is 23.8 Å². The Balaban J connectivity index is 1.83. The topological polar surface area (TPSA) is 72.1 Å². The van der Waals surface area contributed by atoms with Crippen LogP contribution in [0.25, 0.3) is 0 Å². The molecule has 0 aliphatic carbocycles. The number of carbonyl (C=O) groups is 1. The minimum Gasteiger partial charge on any atom is -0.368 e. The summed E-state index contributed by atoms with van der Waals surface area (Å²) < 4.78 is 0. The van der Waals surface area contributed by atoms with Crippen LogP contribution in [0.15, 0.2) is 6.20 Å². The normalized spacial score (nSPS) is 15.6. The fourth-order valence-corrected chi connectivity index (χ4v) is 2.77. The molecule has 0 fully saturated rings. The molecule has 0 saturated carbocycles. The summed E-state index contributed by atoms with van der Waals surface area (Å²) in [5.74, 6) is 1.20. The summed E-state index contributed by atoms with van der Waals surface area (Å²) in [6.45, 7) is 5.81. The molecule has 0 saturated heterocycles. The largest absolute Gasteiger partial charge is 0.368 e. The first-order chi connectivity index (χ1) is 10.1. The molecule has 5 nitrogen and oxygen atoms in total. The Morgan fingerprint density at radius 3 is 3.05 bits per heavy atom. The number of unbranched alkanes of at least 4 members (excludes halogenated alkanes) is 1. The molecule has 1 aromatic heterocycles. The molecule has 116 valence electrons. The lowest BCUT2D eigenvalue weighted by Crippen LogP contribution is -2.36. The summed E-state index contributed by atoms with van der Waals surface area (Å²) >= 11 is 0. The van der Waals surface area contributed by atoms with Crippen LogP contribution in [0.2, 0.25) is 0 Å². The number of carbonyl (C=O) groups excluding carboxylic acids is 1. The van der Waals surface area contributed by atoms with Gasteiger partial charge in [-0.15, -0.1) is 0 Å². The van der Waals surface area contributed by atoms with Gasteiger partial charge in [-0.2, -0.15) is 0 Å². The van der Waals surface area contributed by atoms with Crippen molar-refractivity contribution >= 4 is 11.9 Å². The summed E-state index contributed by atoms with van der Waals surface area (Å²) in [6, 6.07) is 0. The Morgan fingerprint density at radius 2 is 2.29 bits per heavy atom. The van der Waals surface area contributed by atoms with E-state index >= 15 is 0 Å². The third-order valence-electron chi connectivity index (χ3n) is 4.21. The number of anilines is 1. The number of nitrogen functional groups attached to an aromatic ring is 1. The number of fused-ring (bicyclic) bond motifs is 1. The molecular formula is C16H26N4O. The summed E-state index contributed by atoms with van der Waals surface area (Å²) in [7, 11) is 0. The maximum absolute atomic E-state index is 12.3. The van der Waals surface area contributed by atoms with Gasteiger partial charge < -0.3 is 10.6 Å². The number of amides is 1. The van der Waals surface area contributed by atoms with Crippen molar-refractivity contribution in [2.45, 2.75) is 58.9 Å². The predicted molar refractivity (Wildman–Crippen MR) is 83.5 cm³/mol. The lowest BCUT2D eigenvalue weighted by Gasteiger charge is -2.28. The summed E-state index contributed by atoms with van der Waals surface area (Å²) in [6.07, 6.45) is 7.87. The van der Waals surface area contributed by atoms with Gasteiger partial charge in [-0.3, -0.25) is 4.79 Å². The van der Waals surface area contributed by atoms with E-state index in [9.17, 15) is 4.79 Å². The minimum atomic E-state index is 0.251. The smallest absolute Gasteiger partial charge is 0.222 e. The Morgan fingerprint density at radius 1 is 1.48 bits per heavy atom. The van der Waals surface area contributed by atoms with Crippen LogP contribution < -0.4 is 5.73 Å². The number of hydrogen-bond acceptors (Lipinski definition) is 4. The van der Waals surface area contributed by atoms with Crippen LogP contribution in [0.5, 0.6) is 0 Å². The van der Waals surface area contributed by atoms with E-state index in [0.29, 0.717) is 24.8 Å². The van der Waals surface area contributed by atoms with Crippen LogP contribution >= 0.6 is 0 Å². The molecule has 1 aliphatic heterocycles. The molecule has 2 N–H and O–H groups in total. The van der Waals surface area contributed by atoms with Gasteiger partial charge in [0.2, 0.25) is 11.9 Å². The highest BCUT2D eigenvalue weighted by atomic mass is 16.2. The van der Waals surface area contributed by atoms with Gasteiger partial charge in [-0.05, 0) is 12.3 Å².